The van der Waals surface area contributed by atoms with E-state index in [1.165, 1.54) is 4.57 Å². The Bertz CT molecular complexity index is 1260. The van der Waals surface area contributed by atoms with Gasteiger partial charge in [-0.15, -0.1) is 0 Å². The zero-order chi connectivity index (χ0) is 23.8. The molecule has 3 aromatic rings. The normalized spacial score (nSPS) is 14.5. The molecule has 0 fully saturated rings. The molecule has 0 radical (unpaired) electrons. The minimum absolute atomic E-state index is 0.0486. The summed E-state index contributed by atoms with van der Waals surface area (Å²) < 4.78 is 6.65. The first-order valence-electron chi connectivity index (χ1n) is 11.1. The van der Waals surface area contributed by atoms with E-state index >= 15 is 0 Å². The number of fused-ring (bicyclic) bond motifs is 1. The molecule has 0 N–H and O–H groups in total. The van der Waals surface area contributed by atoms with E-state index in [-0.39, 0.29) is 16.8 Å². The molecule has 0 atom stereocenters. The summed E-state index contributed by atoms with van der Waals surface area (Å²) in [7, 11) is 1.58. The van der Waals surface area contributed by atoms with Crippen LogP contribution in [0.2, 0.25) is 0 Å². The molecule has 0 aliphatic heterocycles. The lowest BCUT2D eigenvalue weighted by atomic mass is 9.73. The fourth-order valence-corrected chi connectivity index (χ4v) is 4.49. The zero-order valence-electron chi connectivity index (χ0n) is 19.4. The van der Waals surface area contributed by atoms with Crippen molar-refractivity contribution in [3.05, 3.63) is 87.8 Å². The Kier molecular flexibility index (Phi) is 5.93. The molecule has 0 saturated carbocycles. The number of nitrogens with zero attached hydrogens (tertiary/aromatic N) is 2. The van der Waals surface area contributed by atoms with Crippen molar-refractivity contribution in [3.8, 4) is 11.4 Å². The lowest BCUT2D eigenvalue weighted by molar-refractivity contribution is 0.0910. The Labute approximate surface area is 193 Å². The van der Waals surface area contributed by atoms with E-state index in [2.05, 4.69) is 0 Å². The first-order chi connectivity index (χ1) is 15.8. The maximum Gasteiger partial charge on any atom is 0.268 e. The second-order valence-corrected chi connectivity index (χ2v) is 9.10. The van der Waals surface area contributed by atoms with Crippen molar-refractivity contribution in [1.82, 2.24) is 4.57 Å². The van der Waals surface area contributed by atoms with Crippen LogP contribution < -0.4 is 15.2 Å². The minimum Gasteiger partial charge on any atom is -0.497 e. The zero-order valence-corrected chi connectivity index (χ0v) is 19.4. The van der Waals surface area contributed by atoms with Crippen LogP contribution in [0.1, 0.15) is 53.5 Å². The average molecular weight is 445 g/mol. The lowest BCUT2D eigenvalue weighted by Gasteiger charge is -2.32. The molecule has 1 heterocycles. The van der Waals surface area contributed by atoms with Gasteiger partial charge >= 0.3 is 0 Å². The summed E-state index contributed by atoms with van der Waals surface area (Å²) in [6.07, 6.45) is 2.46. The standard InChI is InChI=1S/C27H28N2O4/c1-5-28(19-11-13-20(33-4)14-12-19)25(31)24-21-15-27(2,3)16-23(30)22(21)17-29(26(24)32)18-9-7-6-8-10-18/h6-14,17H,5,15-16H2,1-4H3. The number of pyridine rings is 1. The molecule has 2 aromatic carbocycles. The highest BCUT2D eigenvalue weighted by Gasteiger charge is 2.37. The van der Waals surface area contributed by atoms with E-state index < -0.39 is 11.5 Å². The number of Topliss-reactive ketones (excluding diaryl/α,β-unsaturated/α-hetero) is 1. The summed E-state index contributed by atoms with van der Waals surface area (Å²) in [5.74, 6) is 0.227. The van der Waals surface area contributed by atoms with Gasteiger partial charge in [0.15, 0.2) is 5.78 Å². The van der Waals surface area contributed by atoms with Crippen molar-refractivity contribution in [1.29, 1.82) is 0 Å². The van der Waals surface area contributed by atoms with Gasteiger partial charge in [-0.2, -0.15) is 0 Å². The summed E-state index contributed by atoms with van der Waals surface area (Å²) in [4.78, 5) is 42.3. The number of ether oxygens (including phenoxy) is 1. The molecular formula is C27H28N2O4. The first kappa shape index (κ1) is 22.5. The summed E-state index contributed by atoms with van der Waals surface area (Å²) in [5, 5.41) is 0. The van der Waals surface area contributed by atoms with Crippen molar-refractivity contribution in [3.63, 3.8) is 0 Å². The van der Waals surface area contributed by atoms with Crippen molar-refractivity contribution in [2.24, 2.45) is 5.41 Å². The second kappa shape index (κ2) is 8.70. The fourth-order valence-electron chi connectivity index (χ4n) is 4.49. The van der Waals surface area contributed by atoms with Gasteiger partial charge in [0.1, 0.15) is 11.3 Å². The van der Waals surface area contributed by atoms with E-state index in [1.807, 2.05) is 39.0 Å². The highest BCUT2D eigenvalue weighted by atomic mass is 16.5. The van der Waals surface area contributed by atoms with Gasteiger partial charge in [0, 0.05) is 36.1 Å². The number of benzene rings is 2. The van der Waals surface area contributed by atoms with Gasteiger partial charge in [-0.1, -0.05) is 32.0 Å². The van der Waals surface area contributed by atoms with E-state index in [4.69, 9.17) is 4.74 Å². The molecule has 6 heteroatoms. The number of ketones is 1. The van der Waals surface area contributed by atoms with Gasteiger partial charge in [0.05, 0.1) is 7.11 Å². The monoisotopic (exact) mass is 444 g/mol. The Balaban J connectivity index is 1.93. The van der Waals surface area contributed by atoms with Crippen molar-refractivity contribution < 1.29 is 14.3 Å². The Hall–Kier alpha value is -3.67. The average Bonchev–Trinajstić information content (AvgIpc) is 2.79. The number of para-hydroxylation sites is 1. The second-order valence-electron chi connectivity index (χ2n) is 9.10. The van der Waals surface area contributed by atoms with Crippen LogP contribution in [0.4, 0.5) is 5.69 Å². The molecule has 0 saturated heterocycles. The predicted octanol–water partition coefficient (Wildman–Crippen LogP) is 4.67. The number of hydrogen-bond donors (Lipinski definition) is 0. The van der Waals surface area contributed by atoms with Gasteiger partial charge in [-0.3, -0.25) is 19.0 Å². The lowest BCUT2D eigenvalue weighted by Crippen LogP contribution is -2.41. The molecule has 170 valence electrons. The largest absolute Gasteiger partial charge is 0.497 e. The maximum absolute atomic E-state index is 13.9. The van der Waals surface area contributed by atoms with Crippen molar-refractivity contribution in [2.45, 2.75) is 33.6 Å². The van der Waals surface area contributed by atoms with Gasteiger partial charge in [0.25, 0.3) is 11.5 Å². The van der Waals surface area contributed by atoms with Gasteiger partial charge in [-0.05, 0) is 60.7 Å². The molecule has 6 nitrogen and oxygen atoms in total. The highest BCUT2D eigenvalue weighted by molar-refractivity contribution is 6.10. The first-order valence-corrected chi connectivity index (χ1v) is 11.1. The van der Waals surface area contributed by atoms with Crippen LogP contribution in [0.15, 0.2) is 65.6 Å². The summed E-state index contributed by atoms with van der Waals surface area (Å²) in [6, 6.07) is 16.2. The number of hydrogen-bond acceptors (Lipinski definition) is 4. The van der Waals surface area contributed by atoms with Crippen LogP contribution in [-0.4, -0.2) is 29.9 Å². The van der Waals surface area contributed by atoms with Crippen molar-refractivity contribution >= 4 is 17.4 Å². The molecule has 33 heavy (non-hydrogen) atoms. The SMILES string of the molecule is CCN(C(=O)c1c2c(cn(-c3ccccc3)c1=O)C(=O)CC(C)(C)C2)c1ccc(OC)cc1. The third kappa shape index (κ3) is 4.21. The summed E-state index contributed by atoms with van der Waals surface area (Å²) in [5.41, 5.74) is 1.59. The number of aromatic nitrogens is 1. The molecule has 4 rings (SSSR count). The summed E-state index contributed by atoms with van der Waals surface area (Å²) in [6.45, 7) is 6.22. The number of methoxy groups -OCH3 is 1. The third-order valence-corrected chi connectivity index (χ3v) is 6.11. The maximum atomic E-state index is 13.9. The number of amides is 1. The number of carbonyl (C=O) groups excluding carboxylic acids is 2. The van der Waals surface area contributed by atoms with E-state index in [1.54, 1.807) is 54.6 Å². The molecule has 1 aliphatic carbocycles. The van der Waals surface area contributed by atoms with Crippen LogP contribution in [0, 0.1) is 5.41 Å². The van der Waals surface area contributed by atoms with Crippen molar-refractivity contribution in [2.75, 3.05) is 18.6 Å². The number of carbonyl (C=O) groups is 2. The quantitative estimate of drug-likeness (QED) is 0.574. The molecule has 0 spiro atoms. The Morgan fingerprint density at radius 1 is 1.03 bits per heavy atom. The third-order valence-electron chi connectivity index (χ3n) is 6.11. The van der Waals surface area contributed by atoms with Gasteiger partial charge in [0.2, 0.25) is 0 Å². The van der Waals surface area contributed by atoms with Crippen LogP contribution >= 0.6 is 0 Å². The molecule has 0 bridgehead atoms. The van der Waals surface area contributed by atoms with E-state index in [9.17, 15) is 14.4 Å². The Morgan fingerprint density at radius 3 is 2.30 bits per heavy atom. The van der Waals surface area contributed by atoms with Crippen LogP contribution in [0.25, 0.3) is 5.69 Å². The molecule has 0 unspecified atom stereocenters. The number of rotatable bonds is 5. The summed E-state index contributed by atoms with van der Waals surface area (Å²) >= 11 is 0. The van der Waals surface area contributed by atoms with Crippen LogP contribution in [-0.2, 0) is 6.42 Å². The Morgan fingerprint density at radius 2 is 1.70 bits per heavy atom. The highest BCUT2D eigenvalue weighted by Crippen LogP contribution is 2.36. The fraction of sp³-hybridized carbons (Fsp3) is 0.296. The molecular weight excluding hydrogens is 416 g/mol. The smallest absolute Gasteiger partial charge is 0.268 e. The van der Waals surface area contributed by atoms with Crippen LogP contribution in [0.3, 0.4) is 0 Å². The van der Waals surface area contributed by atoms with Gasteiger partial charge in [-0.25, -0.2) is 0 Å². The minimum atomic E-state index is -0.414. The van der Waals surface area contributed by atoms with Crippen LogP contribution in [0.5, 0.6) is 5.75 Å². The topological polar surface area (TPSA) is 68.6 Å². The molecule has 1 amide bonds. The molecule has 1 aromatic heterocycles. The van der Waals surface area contributed by atoms with E-state index in [0.29, 0.717) is 47.6 Å². The predicted molar refractivity (Wildman–Crippen MR) is 129 cm³/mol. The van der Waals surface area contributed by atoms with E-state index in [0.717, 1.165) is 0 Å². The number of anilines is 1. The molecule has 1 aliphatic rings. The van der Waals surface area contributed by atoms with Gasteiger partial charge < -0.3 is 9.64 Å².